The zero-order valence-corrected chi connectivity index (χ0v) is 10.4. The lowest BCUT2D eigenvalue weighted by molar-refractivity contribution is -0.126. The number of thiophene rings is 1. The van der Waals surface area contributed by atoms with Crippen molar-refractivity contribution in [1.29, 1.82) is 0 Å². The lowest BCUT2D eigenvalue weighted by atomic mass is 10.4. The minimum Gasteiger partial charge on any atom is -0.371 e. The molecule has 0 aliphatic heterocycles. The summed E-state index contributed by atoms with van der Waals surface area (Å²) in [6.07, 6.45) is 2.49. The number of rotatable bonds is 6. The number of nitrogens with one attached hydrogen (secondary N) is 1. The number of hydrogen-bond donors (Lipinski definition) is 1. The predicted octanol–water partition coefficient (Wildman–Crippen LogP) is 2.44. The number of hydrogen-bond acceptors (Lipinski definition) is 3. The van der Waals surface area contributed by atoms with E-state index >= 15 is 0 Å². The Balaban J connectivity index is 1.59. The first-order valence-electron chi connectivity index (χ1n) is 5.32. The molecule has 0 atom stereocenters. The molecule has 0 unspecified atom stereocenters. The molecule has 1 amide bonds. The summed E-state index contributed by atoms with van der Waals surface area (Å²) in [6, 6.07) is 3.75. The van der Waals surface area contributed by atoms with Crippen LogP contribution in [-0.4, -0.2) is 19.1 Å². The fraction of sp³-hybridized carbons (Fsp3) is 0.545. The minimum atomic E-state index is -0.0647. The second-order valence-corrected chi connectivity index (χ2v) is 5.74. The van der Waals surface area contributed by atoms with Crippen molar-refractivity contribution >= 4 is 28.8 Å². The second-order valence-electron chi connectivity index (χ2n) is 3.94. The number of carbonyl (C=O) groups excluding carboxylic acids is 1. The van der Waals surface area contributed by atoms with Gasteiger partial charge in [0, 0.05) is 4.88 Å². The summed E-state index contributed by atoms with van der Waals surface area (Å²) in [5.74, 6) is 0.633. The first-order valence-corrected chi connectivity index (χ1v) is 6.52. The molecule has 88 valence electrons. The van der Waals surface area contributed by atoms with Crippen molar-refractivity contribution < 1.29 is 9.53 Å². The fourth-order valence-corrected chi connectivity index (χ4v) is 2.31. The van der Waals surface area contributed by atoms with Crippen molar-refractivity contribution in [2.75, 3.05) is 13.2 Å². The molecule has 1 aromatic heterocycles. The average molecular weight is 260 g/mol. The lowest BCUT2D eigenvalue weighted by Crippen LogP contribution is -2.27. The Morgan fingerprint density at radius 1 is 1.56 bits per heavy atom. The Kier molecular flexibility index (Phi) is 4.21. The molecule has 1 aromatic rings. The highest BCUT2D eigenvalue weighted by atomic mass is 35.5. The van der Waals surface area contributed by atoms with E-state index < -0.39 is 0 Å². The maximum Gasteiger partial charge on any atom is 0.246 e. The Morgan fingerprint density at radius 2 is 2.38 bits per heavy atom. The van der Waals surface area contributed by atoms with Crippen LogP contribution in [0.5, 0.6) is 0 Å². The third-order valence-corrected chi connectivity index (χ3v) is 3.60. The van der Waals surface area contributed by atoms with Gasteiger partial charge in [-0.05, 0) is 30.9 Å². The molecular formula is C11H14ClNO2S. The van der Waals surface area contributed by atoms with Gasteiger partial charge in [0.25, 0.3) is 0 Å². The third-order valence-electron chi connectivity index (χ3n) is 2.37. The molecular weight excluding hydrogens is 246 g/mol. The zero-order valence-electron chi connectivity index (χ0n) is 8.87. The van der Waals surface area contributed by atoms with Gasteiger partial charge in [0.1, 0.15) is 6.61 Å². The smallest absolute Gasteiger partial charge is 0.246 e. The van der Waals surface area contributed by atoms with Crippen LogP contribution in [0.15, 0.2) is 12.1 Å². The molecule has 0 spiro atoms. The van der Waals surface area contributed by atoms with Gasteiger partial charge in [0.15, 0.2) is 0 Å². The summed E-state index contributed by atoms with van der Waals surface area (Å²) in [6.45, 7) is 1.41. The highest BCUT2D eigenvalue weighted by Gasteiger charge is 2.21. The van der Waals surface area contributed by atoms with E-state index in [4.69, 9.17) is 16.3 Å². The standard InChI is InChI=1S/C11H14ClNO2S/c12-10-4-3-9(16-10)5-13-11(14)7-15-6-8-1-2-8/h3-4,8H,1-2,5-7H2,(H,13,14). The Hall–Kier alpha value is -0.580. The molecule has 5 heteroatoms. The Morgan fingerprint density at radius 3 is 3.00 bits per heavy atom. The molecule has 0 saturated heterocycles. The van der Waals surface area contributed by atoms with Gasteiger partial charge in [-0.2, -0.15) is 0 Å². The van der Waals surface area contributed by atoms with E-state index in [1.165, 1.54) is 24.2 Å². The van der Waals surface area contributed by atoms with Crippen LogP contribution < -0.4 is 5.32 Å². The van der Waals surface area contributed by atoms with Crippen molar-refractivity contribution in [3.8, 4) is 0 Å². The van der Waals surface area contributed by atoms with E-state index in [9.17, 15) is 4.79 Å². The molecule has 0 radical (unpaired) electrons. The molecule has 1 N–H and O–H groups in total. The largest absolute Gasteiger partial charge is 0.371 e. The number of ether oxygens (including phenoxy) is 1. The Bertz CT molecular complexity index is 363. The van der Waals surface area contributed by atoms with Gasteiger partial charge in [-0.3, -0.25) is 4.79 Å². The van der Waals surface area contributed by atoms with E-state index in [1.807, 2.05) is 12.1 Å². The summed E-state index contributed by atoms with van der Waals surface area (Å²) >= 11 is 7.26. The first kappa shape index (κ1) is 11.9. The van der Waals surface area contributed by atoms with E-state index in [2.05, 4.69) is 5.32 Å². The van der Waals surface area contributed by atoms with Gasteiger partial charge >= 0.3 is 0 Å². The molecule has 1 heterocycles. The highest BCUT2D eigenvalue weighted by molar-refractivity contribution is 7.16. The van der Waals surface area contributed by atoms with Crippen LogP contribution in [0, 0.1) is 5.92 Å². The monoisotopic (exact) mass is 259 g/mol. The summed E-state index contributed by atoms with van der Waals surface area (Å²) in [5, 5.41) is 2.79. The number of amides is 1. The van der Waals surface area contributed by atoms with Gasteiger partial charge in [-0.15, -0.1) is 11.3 Å². The van der Waals surface area contributed by atoms with Crippen molar-refractivity contribution in [2.45, 2.75) is 19.4 Å². The van der Waals surface area contributed by atoms with Gasteiger partial charge < -0.3 is 10.1 Å². The van der Waals surface area contributed by atoms with Crippen LogP contribution in [-0.2, 0) is 16.1 Å². The lowest BCUT2D eigenvalue weighted by Gasteiger charge is -2.04. The topological polar surface area (TPSA) is 38.3 Å². The molecule has 16 heavy (non-hydrogen) atoms. The molecule has 3 nitrogen and oxygen atoms in total. The predicted molar refractivity (Wildman–Crippen MR) is 64.7 cm³/mol. The maximum atomic E-state index is 11.4. The summed E-state index contributed by atoms with van der Waals surface area (Å²) in [4.78, 5) is 12.4. The molecule has 0 bridgehead atoms. The fourth-order valence-electron chi connectivity index (χ4n) is 1.29. The van der Waals surface area contributed by atoms with E-state index in [-0.39, 0.29) is 12.5 Å². The average Bonchev–Trinajstić information content (AvgIpc) is 2.98. The van der Waals surface area contributed by atoms with E-state index in [0.29, 0.717) is 12.5 Å². The number of carbonyl (C=O) groups is 1. The van der Waals surface area contributed by atoms with Crippen LogP contribution in [0.25, 0.3) is 0 Å². The SMILES string of the molecule is O=C(COCC1CC1)NCc1ccc(Cl)s1. The maximum absolute atomic E-state index is 11.4. The second kappa shape index (κ2) is 5.66. The van der Waals surface area contributed by atoms with Gasteiger partial charge in [0.05, 0.1) is 17.5 Å². The first-order chi connectivity index (χ1) is 7.74. The van der Waals surface area contributed by atoms with Crippen molar-refractivity contribution in [2.24, 2.45) is 5.92 Å². The molecule has 1 aliphatic rings. The zero-order chi connectivity index (χ0) is 11.4. The van der Waals surface area contributed by atoms with E-state index in [0.717, 1.165) is 15.8 Å². The molecule has 1 fully saturated rings. The summed E-state index contributed by atoms with van der Waals surface area (Å²) in [7, 11) is 0. The minimum absolute atomic E-state index is 0.0647. The van der Waals surface area contributed by atoms with Crippen molar-refractivity contribution in [1.82, 2.24) is 5.32 Å². The van der Waals surface area contributed by atoms with Crippen LogP contribution in [0.1, 0.15) is 17.7 Å². The molecule has 0 aromatic carbocycles. The van der Waals surface area contributed by atoms with Gasteiger partial charge in [-0.1, -0.05) is 11.6 Å². The summed E-state index contributed by atoms with van der Waals surface area (Å²) in [5.41, 5.74) is 0. The quantitative estimate of drug-likeness (QED) is 0.852. The van der Waals surface area contributed by atoms with Crippen LogP contribution in [0.2, 0.25) is 4.34 Å². The van der Waals surface area contributed by atoms with Gasteiger partial charge in [-0.25, -0.2) is 0 Å². The van der Waals surface area contributed by atoms with Crippen LogP contribution in [0.4, 0.5) is 0 Å². The molecule has 2 rings (SSSR count). The Labute approximate surface area is 104 Å². The summed E-state index contributed by atoms with van der Waals surface area (Å²) < 4.78 is 6.02. The highest BCUT2D eigenvalue weighted by Crippen LogP contribution is 2.28. The van der Waals surface area contributed by atoms with Crippen LogP contribution >= 0.6 is 22.9 Å². The van der Waals surface area contributed by atoms with Crippen LogP contribution in [0.3, 0.4) is 0 Å². The van der Waals surface area contributed by atoms with Crippen molar-refractivity contribution in [3.05, 3.63) is 21.3 Å². The number of halogens is 1. The molecule has 1 saturated carbocycles. The molecule has 1 aliphatic carbocycles. The third kappa shape index (κ3) is 4.12. The van der Waals surface area contributed by atoms with Crippen molar-refractivity contribution in [3.63, 3.8) is 0 Å². The van der Waals surface area contributed by atoms with Gasteiger partial charge in [0.2, 0.25) is 5.91 Å². The normalized spacial score (nSPS) is 15.1. The van der Waals surface area contributed by atoms with E-state index in [1.54, 1.807) is 0 Å².